The molecule has 5 rings (SSSR count). The fraction of sp³-hybridized carbons (Fsp3) is 0.593. The van der Waals surface area contributed by atoms with E-state index in [1.54, 1.807) is 0 Å². The first kappa shape index (κ1) is 26.7. The summed E-state index contributed by atoms with van der Waals surface area (Å²) in [7, 11) is -3.52. The number of carbonyl (C=O) groups is 1. The first-order valence-electron chi connectivity index (χ1n) is 13.5. The average Bonchev–Trinajstić information content (AvgIpc) is 3.37. The summed E-state index contributed by atoms with van der Waals surface area (Å²) < 4.78 is 29.1. The van der Waals surface area contributed by atoms with E-state index in [0.717, 1.165) is 48.2 Å². The summed E-state index contributed by atoms with van der Waals surface area (Å²) in [5, 5.41) is 13.1. The molecule has 1 spiro atoms. The molecule has 1 aliphatic carbocycles. The first-order valence-corrected chi connectivity index (χ1v) is 15.1. The highest BCUT2D eigenvalue weighted by Gasteiger charge is 2.48. The van der Waals surface area contributed by atoms with Gasteiger partial charge in [-0.3, -0.25) is 9.79 Å². The Hall–Kier alpha value is -2.92. The molecule has 11 heteroatoms. The van der Waals surface area contributed by atoms with E-state index < -0.39 is 21.3 Å². The summed E-state index contributed by atoms with van der Waals surface area (Å²) in [4.78, 5) is 32.4. The Kier molecular flexibility index (Phi) is 7.02. The minimum absolute atomic E-state index is 0.0471. The van der Waals surface area contributed by atoms with Crippen molar-refractivity contribution >= 4 is 21.8 Å². The molecule has 3 aliphatic rings. The molecule has 206 valence electrons. The van der Waals surface area contributed by atoms with Crippen LogP contribution >= 0.6 is 0 Å². The van der Waals surface area contributed by atoms with Crippen molar-refractivity contribution in [2.75, 3.05) is 18.8 Å². The predicted octanol–water partition coefficient (Wildman–Crippen LogP) is 2.55. The van der Waals surface area contributed by atoms with E-state index in [1.165, 1.54) is 15.1 Å². The molecular formula is C27H37N5O5S. The van der Waals surface area contributed by atoms with Crippen LogP contribution in [0.3, 0.4) is 0 Å². The van der Waals surface area contributed by atoms with E-state index in [2.05, 4.69) is 17.2 Å². The van der Waals surface area contributed by atoms with Gasteiger partial charge in [0.1, 0.15) is 11.4 Å². The quantitative estimate of drug-likeness (QED) is 0.514. The molecule has 1 aromatic carbocycles. The Morgan fingerprint density at radius 3 is 2.29 bits per heavy atom. The average molecular weight is 544 g/mol. The maximum atomic E-state index is 13.2. The van der Waals surface area contributed by atoms with E-state index in [0.29, 0.717) is 36.8 Å². The van der Waals surface area contributed by atoms with Gasteiger partial charge < -0.3 is 15.4 Å². The number of aromatic nitrogens is 2. The first-order chi connectivity index (χ1) is 18.0. The lowest BCUT2D eigenvalue weighted by Gasteiger charge is -2.34. The second-order valence-corrected chi connectivity index (χ2v) is 13.4. The molecule has 0 unspecified atom stereocenters. The van der Waals surface area contributed by atoms with Crippen LogP contribution in [-0.2, 0) is 21.2 Å². The molecule has 0 atom stereocenters. The molecule has 0 radical (unpaired) electrons. The van der Waals surface area contributed by atoms with Crippen molar-refractivity contribution in [1.82, 2.24) is 19.2 Å². The van der Waals surface area contributed by atoms with Gasteiger partial charge in [0.25, 0.3) is 5.91 Å². The Morgan fingerprint density at radius 2 is 1.71 bits per heavy atom. The van der Waals surface area contributed by atoms with E-state index in [9.17, 15) is 23.1 Å². The van der Waals surface area contributed by atoms with Gasteiger partial charge in [-0.15, -0.1) is 0 Å². The molecular weight excluding hydrogens is 506 g/mol. The number of nitrogens with one attached hydrogen (secondary N) is 2. The van der Waals surface area contributed by atoms with Gasteiger partial charge in [-0.05, 0) is 68.6 Å². The van der Waals surface area contributed by atoms with Gasteiger partial charge in [0, 0.05) is 19.0 Å². The van der Waals surface area contributed by atoms with Crippen LogP contribution in [0.4, 0.5) is 0 Å². The SMILES string of the molecule is Cc1cc(CCS(=O)(=O)N2CCC3(CC2)N=C(C2CCC(C)CC2)NC3=O)cc(C)c1-n1c(O)c[nH]c1=O. The molecule has 2 aromatic rings. The number of rotatable bonds is 6. The van der Waals surface area contributed by atoms with E-state index in [-0.39, 0.29) is 30.6 Å². The van der Waals surface area contributed by atoms with Crippen molar-refractivity contribution in [1.29, 1.82) is 0 Å². The van der Waals surface area contributed by atoms with Gasteiger partial charge >= 0.3 is 5.69 Å². The smallest absolute Gasteiger partial charge is 0.333 e. The predicted molar refractivity (Wildman–Crippen MR) is 145 cm³/mol. The molecule has 2 aliphatic heterocycles. The Bertz CT molecular complexity index is 1400. The third-order valence-corrected chi connectivity index (χ3v) is 10.4. The van der Waals surface area contributed by atoms with Crippen molar-refractivity contribution in [2.45, 2.75) is 71.3 Å². The Balaban J connectivity index is 1.23. The fourth-order valence-corrected chi connectivity index (χ4v) is 7.73. The number of hydrogen-bond donors (Lipinski definition) is 3. The minimum atomic E-state index is -3.52. The molecule has 3 N–H and O–H groups in total. The molecule has 3 heterocycles. The fourth-order valence-electron chi connectivity index (χ4n) is 6.24. The van der Waals surface area contributed by atoms with Gasteiger partial charge in [0.2, 0.25) is 15.9 Å². The van der Waals surface area contributed by atoms with Crippen LogP contribution < -0.4 is 11.0 Å². The molecule has 1 amide bonds. The number of hydrogen-bond acceptors (Lipinski definition) is 6. The second-order valence-electron chi connectivity index (χ2n) is 11.3. The third-order valence-electron chi connectivity index (χ3n) is 8.52. The second kappa shape index (κ2) is 10.00. The zero-order chi connectivity index (χ0) is 27.2. The number of aryl methyl sites for hydroxylation is 3. The molecule has 10 nitrogen and oxygen atoms in total. The zero-order valence-electron chi connectivity index (χ0n) is 22.3. The van der Waals surface area contributed by atoms with Gasteiger partial charge in [-0.1, -0.05) is 31.9 Å². The lowest BCUT2D eigenvalue weighted by Crippen LogP contribution is -2.51. The van der Waals surface area contributed by atoms with E-state index >= 15 is 0 Å². The summed E-state index contributed by atoms with van der Waals surface area (Å²) in [5.41, 5.74) is 1.68. The van der Waals surface area contributed by atoms with E-state index in [4.69, 9.17) is 4.99 Å². The highest BCUT2D eigenvalue weighted by Crippen LogP contribution is 2.36. The number of carbonyl (C=O) groups excluding carboxylic acids is 1. The standard InChI is InChI=1S/C27H37N5O5S/c1-17-4-6-21(7-5-17)24-29-25(34)27(30-24)9-11-31(12-10-27)38(36,37)13-8-20-14-18(2)23(19(3)15-20)32-22(33)16-28-26(32)35/h14-17,21,33H,4-13H2,1-3H3,(H,28,35)(H,29,30,34). The number of amidine groups is 1. The number of aliphatic imine (C=N–C) groups is 1. The highest BCUT2D eigenvalue weighted by atomic mass is 32.2. The lowest BCUT2D eigenvalue weighted by atomic mass is 9.82. The summed E-state index contributed by atoms with van der Waals surface area (Å²) in [6.07, 6.45) is 6.73. The van der Waals surface area contributed by atoms with Gasteiger partial charge in [-0.25, -0.2) is 22.1 Å². The van der Waals surface area contributed by atoms with Crippen LogP contribution in [-0.4, -0.2) is 63.5 Å². The number of sulfonamides is 1. The van der Waals surface area contributed by atoms with Gasteiger partial charge in [-0.2, -0.15) is 0 Å². The molecule has 38 heavy (non-hydrogen) atoms. The number of piperidine rings is 1. The van der Waals surface area contributed by atoms with Crippen LogP contribution in [0, 0.1) is 25.7 Å². The monoisotopic (exact) mass is 543 g/mol. The minimum Gasteiger partial charge on any atom is -0.493 e. The summed E-state index contributed by atoms with van der Waals surface area (Å²) in [6, 6.07) is 3.71. The zero-order valence-corrected chi connectivity index (χ0v) is 23.1. The Morgan fingerprint density at radius 1 is 1.08 bits per heavy atom. The van der Waals surface area contributed by atoms with Gasteiger partial charge in [0.15, 0.2) is 0 Å². The number of aromatic amines is 1. The lowest BCUT2D eigenvalue weighted by molar-refractivity contribution is -0.125. The molecule has 1 saturated carbocycles. The topological polar surface area (TPSA) is 137 Å². The van der Waals surface area contributed by atoms with Crippen LogP contribution in [0.1, 0.15) is 62.1 Å². The van der Waals surface area contributed by atoms with Crippen molar-refractivity contribution in [2.24, 2.45) is 16.8 Å². The number of imidazole rings is 1. The summed E-state index contributed by atoms with van der Waals surface area (Å²) >= 11 is 0. The Labute approximate surface area is 223 Å². The van der Waals surface area contributed by atoms with Crippen LogP contribution in [0.25, 0.3) is 5.69 Å². The normalized spacial score (nSPS) is 24.0. The molecule has 0 bridgehead atoms. The maximum absolute atomic E-state index is 13.2. The van der Waals surface area contributed by atoms with Crippen molar-refractivity contribution < 1.29 is 18.3 Å². The van der Waals surface area contributed by atoms with Crippen LogP contribution in [0.15, 0.2) is 28.1 Å². The number of nitrogens with zero attached hydrogens (tertiary/aromatic N) is 3. The van der Waals surface area contributed by atoms with Gasteiger partial charge in [0.05, 0.1) is 17.6 Å². The van der Waals surface area contributed by atoms with Crippen LogP contribution in [0.2, 0.25) is 0 Å². The summed E-state index contributed by atoms with van der Waals surface area (Å²) in [5.74, 6) is 1.52. The largest absolute Gasteiger partial charge is 0.493 e. The number of benzene rings is 1. The highest BCUT2D eigenvalue weighted by molar-refractivity contribution is 7.89. The molecule has 1 saturated heterocycles. The van der Waals surface area contributed by atoms with Crippen molar-refractivity contribution in [3.05, 3.63) is 45.5 Å². The molecule has 2 fully saturated rings. The van der Waals surface area contributed by atoms with Crippen molar-refractivity contribution in [3.8, 4) is 11.6 Å². The summed E-state index contributed by atoms with van der Waals surface area (Å²) in [6.45, 7) is 6.48. The van der Waals surface area contributed by atoms with Crippen LogP contribution in [0.5, 0.6) is 5.88 Å². The van der Waals surface area contributed by atoms with Crippen molar-refractivity contribution in [3.63, 3.8) is 0 Å². The number of H-pyrrole nitrogens is 1. The van der Waals surface area contributed by atoms with E-state index in [1.807, 2.05) is 26.0 Å². The maximum Gasteiger partial charge on any atom is 0.333 e. The molecule has 1 aromatic heterocycles. The number of aromatic hydroxyl groups is 1. The number of amides is 1. The third kappa shape index (κ3) is 4.93.